The molecule has 0 aliphatic heterocycles. The third kappa shape index (κ3) is 7.39. The second-order valence-corrected chi connectivity index (χ2v) is 9.23. The predicted octanol–water partition coefficient (Wildman–Crippen LogP) is 6.05. The Morgan fingerprint density at radius 2 is 0.949 bits per heavy atom. The number of nitrogens with one attached hydrogen (secondary N) is 2. The van der Waals surface area contributed by atoms with E-state index in [-0.39, 0.29) is 34.1 Å². The van der Waals surface area contributed by atoms with E-state index < -0.39 is 25.0 Å². The molecule has 4 aromatic carbocycles. The summed E-state index contributed by atoms with van der Waals surface area (Å²) in [6.45, 7) is -0.906. The zero-order valence-corrected chi connectivity index (χ0v) is 22.0. The highest BCUT2D eigenvalue weighted by Crippen LogP contribution is 2.25. The van der Waals surface area contributed by atoms with Crippen LogP contribution in [0.25, 0.3) is 0 Å². The Hall–Kier alpha value is -4.30. The van der Waals surface area contributed by atoms with Gasteiger partial charge in [0, 0.05) is 32.3 Å². The number of halogens is 2. The van der Waals surface area contributed by atoms with Crippen molar-refractivity contribution in [2.75, 3.05) is 23.8 Å². The molecule has 4 rings (SSSR count). The maximum absolute atomic E-state index is 12.9. The van der Waals surface area contributed by atoms with Crippen molar-refractivity contribution >= 4 is 58.0 Å². The molecule has 0 saturated carbocycles. The molecule has 0 spiro atoms. The molecule has 196 valence electrons. The molecule has 2 N–H and O–H groups in total. The highest BCUT2D eigenvalue weighted by Gasteiger charge is 2.18. The molecule has 0 saturated heterocycles. The van der Waals surface area contributed by atoms with Gasteiger partial charge in [-0.2, -0.15) is 0 Å². The molecule has 7 nitrogen and oxygen atoms in total. The number of hydrogen-bond donors (Lipinski definition) is 2. The molecule has 0 unspecified atom stereocenters. The molecule has 4 aromatic rings. The fraction of sp³-hybridized carbons (Fsp3) is 0.0667. The van der Waals surface area contributed by atoms with E-state index in [4.69, 9.17) is 27.9 Å². The smallest absolute Gasteiger partial charge is 0.250 e. The van der Waals surface area contributed by atoms with Crippen molar-refractivity contribution in [3.63, 3.8) is 0 Å². The maximum Gasteiger partial charge on any atom is 0.250 e. The van der Waals surface area contributed by atoms with Gasteiger partial charge in [0.2, 0.25) is 11.8 Å². The van der Waals surface area contributed by atoms with Gasteiger partial charge in [0.05, 0.1) is 11.4 Å². The van der Waals surface area contributed by atoms with E-state index in [1.807, 2.05) is 0 Å². The number of carbonyl (C=O) groups excluding carboxylic acids is 4. The Morgan fingerprint density at radius 3 is 1.33 bits per heavy atom. The van der Waals surface area contributed by atoms with Crippen LogP contribution in [0.2, 0.25) is 10.0 Å². The number of hydrogen-bond acceptors (Lipinski definition) is 5. The molecule has 0 fully saturated rings. The van der Waals surface area contributed by atoms with Crippen molar-refractivity contribution in [2.24, 2.45) is 0 Å². The molecule has 2 amide bonds. The fourth-order valence-corrected chi connectivity index (χ4v) is 4.07. The van der Waals surface area contributed by atoms with E-state index in [0.717, 1.165) is 0 Å². The zero-order chi connectivity index (χ0) is 27.8. The summed E-state index contributed by atoms with van der Waals surface area (Å²) >= 11 is 12.2. The van der Waals surface area contributed by atoms with Crippen LogP contribution in [0.4, 0.5) is 11.4 Å². The van der Waals surface area contributed by atoms with E-state index in [0.29, 0.717) is 21.2 Å². The highest BCUT2D eigenvalue weighted by atomic mass is 35.5. The summed E-state index contributed by atoms with van der Waals surface area (Å²) in [7, 11) is 0. The summed E-state index contributed by atoms with van der Waals surface area (Å²) in [5.74, 6) is -1.76. The van der Waals surface area contributed by atoms with Gasteiger partial charge in [-0.05, 0) is 36.4 Å². The van der Waals surface area contributed by atoms with Crippen LogP contribution in [-0.2, 0) is 14.3 Å². The molecule has 39 heavy (non-hydrogen) atoms. The first kappa shape index (κ1) is 27.7. The minimum Gasteiger partial charge on any atom is -0.362 e. The number of ketones is 2. The quantitative estimate of drug-likeness (QED) is 0.230. The van der Waals surface area contributed by atoms with Gasteiger partial charge in [0.15, 0.2) is 11.6 Å². The Labute approximate surface area is 234 Å². The lowest BCUT2D eigenvalue weighted by Gasteiger charge is -2.13. The Morgan fingerprint density at radius 1 is 0.564 bits per heavy atom. The number of benzene rings is 4. The minimum absolute atomic E-state index is 0.221. The topological polar surface area (TPSA) is 102 Å². The van der Waals surface area contributed by atoms with Crippen molar-refractivity contribution in [2.45, 2.75) is 0 Å². The lowest BCUT2D eigenvalue weighted by Crippen LogP contribution is -2.25. The van der Waals surface area contributed by atoms with Crippen LogP contribution < -0.4 is 10.6 Å². The molecular formula is C30H22Cl2N2O5. The van der Waals surface area contributed by atoms with Crippen molar-refractivity contribution in [3.8, 4) is 0 Å². The third-order valence-corrected chi connectivity index (χ3v) is 6.01. The van der Waals surface area contributed by atoms with Gasteiger partial charge in [-0.15, -0.1) is 0 Å². The first-order chi connectivity index (χ1) is 18.8. The van der Waals surface area contributed by atoms with Crippen LogP contribution in [0.1, 0.15) is 31.8 Å². The van der Waals surface area contributed by atoms with Gasteiger partial charge in [0.25, 0.3) is 0 Å². The SMILES string of the molecule is O=C(COCC(=O)Nc1ccc(Cl)cc1C(=O)c1ccccc1)Nc1ccc(Cl)cc1C(=O)c1ccccc1. The second-order valence-electron chi connectivity index (χ2n) is 8.36. The normalized spacial score (nSPS) is 10.5. The van der Waals surface area contributed by atoms with Crippen LogP contribution >= 0.6 is 23.2 Å². The van der Waals surface area contributed by atoms with Gasteiger partial charge in [-0.25, -0.2) is 0 Å². The summed E-state index contributed by atoms with van der Waals surface area (Å²) in [4.78, 5) is 50.9. The Balaban J connectivity index is 1.36. The Bertz CT molecular complexity index is 1410. The molecule has 0 heterocycles. The number of rotatable bonds is 10. The van der Waals surface area contributed by atoms with Crippen LogP contribution in [0, 0.1) is 0 Å². The minimum atomic E-state index is -0.571. The van der Waals surface area contributed by atoms with Crippen molar-refractivity contribution in [3.05, 3.63) is 129 Å². The number of carbonyl (C=O) groups is 4. The number of anilines is 2. The van der Waals surface area contributed by atoms with E-state index in [9.17, 15) is 19.2 Å². The number of amides is 2. The maximum atomic E-state index is 12.9. The summed E-state index contributed by atoms with van der Waals surface area (Å²) in [6, 6.07) is 26.3. The summed E-state index contributed by atoms with van der Waals surface area (Å²) in [6.07, 6.45) is 0. The molecule has 0 bridgehead atoms. The van der Waals surface area contributed by atoms with Gasteiger partial charge in [-0.1, -0.05) is 83.9 Å². The zero-order valence-electron chi connectivity index (χ0n) is 20.4. The van der Waals surface area contributed by atoms with Gasteiger partial charge in [0.1, 0.15) is 13.2 Å². The van der Waals surface area contributed by atoms with E-state index >= 15 is 0 Å². The molecule has 0 aromatic heterocycles. The van der Waals surface area contributed by atoms with Crippen molar-refractivity contribution in [1.82, 2.24) is 0 Å². The standard InChI is InChI=1S/C30H22Cl2N2O5/c31-21-11-13-25(23(15-21)29(37)19-7-3-1-4-8-19)33-27(35)17-39-18-28(36)34-26-14-12-22(32)16-24(26)30(38)20-9-5-2-6-10-20/h1-16H,17-18H2,(H,33,35)(H,34,36). The van der Waals surface area contributed by atoms with Crippen LogP contribution in [0.5, 0.6) is 0 Å². The van der Waals surface area contributed by atoms with Crippen LogP contribution in [-0.4, -0.2) is 36.6 Å². The Kier molecular flexibility index (Phi) is 9.22. The second kappa shape index (κ2) is 13.0. The first-order valence-corrected chi connectivity index (χ1v) is 12.5. The molecule has 0 aliphatic rings. The summed E-state index contributed by atoms with van der Waals surface area (Å²) in [5.41, 5.74) is 1.84. The monoisotopic (exact) mass is 560 g/mol. The van der Waals surface area contributed by atoms with Crippen LogP contribution in [0.3, 0.4) is 0 Å². The van der Waals surface area contributed by atoms with Gasteiger partial charge in [-0.3, -0.25) is 19.2 Å². The fourth-order valence-electron chi connectivity index (χ4n) is 3.73. The van der Waals surface area contributed by atoms with E-state index in [2.05, 4.69) is 10.6 Å². The lowest BCUT2D eigenvalue weighted by atomic mass is 10.0. The largest absolute Gasteiger partial charge is 0.362 e. The van der Waals surface area contributed by atoms with Crippen molar-refractivity contribution < 1.29 is 23.9 Å². The average Bonchev–Trinajstić information content (AvgIpc) is 2.95. The van der Waals surface area contributed by atoms with E-state index in [1.165, 1.54) is 24.3 Å². The summed E-state index contributed by atoms with van der Waals surface area (Å²) in [5, 5.41) is 5.93. The third-order valence-electron chi connectivity index (χ3n) is 5.54. The molecule has 9 heteroatoms. The number of ether oxygens (including phenoxy) is 1. The molecule has 0 atom stereocenters. The highest BCUT2D eigenvalue weighted by molar-refractivity contribution is 6.32. The van der Waals surface area contributed by atoms with Crippen molar-refractivity contribution in [1.29, 1.82) is 0 Å². The van der Waals surface area contributed by atoms with Gasteiger partial charge >= 0.3 is 0 Å². The average molecular weight is 561 g/mol. The first-order valence-electron chi connectivity index (χ1n) is 11.8. The summed E-state index contributed by atoms with van der Waals surface area (Å²) < 4.78 is 5.27. The predicted molar refractivity (Wildman–Crippen MR) is 151 cm³/mol. The van der Waals surface area contributed by atoms with E-state index in [1.54, 1.807) is 72.8 Å². The van der Waals surface area contributed by atoms with Gasteiger partial charge < -0.3 is 15.4 Å². The molecule has 0 aliphatic carbocycles. The molecular weight excluding hydrogens is 539 g/mol. The van der Waals surface area contributed by atoms with Crippen LogP contribution in [0.15, 0.2) is 97.1 Å². The lowest BCUT2D eigenvalue weighted by molar-refractivity contribution is -0.125. The molecule has 0 radical (unpaired) electrons.